The van der Waals surface area contributed by atoms with Gasteiger partial charge in [-0.2, -0.15) is 0 Å². The van der Waals surface area contributed by atoms with E-state index in [-0.39, 0.29) is 0 Å². The second-order valence-electron chi connectivity index (χ2n) is 5.39. The number of oxazole rings is 1. The molecule has 1 aliphatic heterocycles. The van der Waals surface area contributed by atoms with E-state index in [1.165, 1.54) is 11.3 Å². The monoisotopic (exact) mass is 264 g/mol. The van der Waals surface area contributed by atoms with Crippen molar-refractivity contribution in [1.29, 1.82) is 0 Å². The molecule has 0 saturated heterocycles. The number of para-hydroxylation sites is 3. The summed E-state index contributed by atoms with van der Waals surface area (Å²) in [5.41, 5.74) is 4.52. The van der Waals surface area contributed by atoms with Gasteiger partial charge in [0.1, 0.15) is 5.52 Å². The van der Waals surface area contributed by atoms with Crippen LogP contribution in [-0.2, 0) is 13.0 Å². The maximum Gasteiger partial charge on any atom is 0.215 e. The summed E-state index contributed by atoms with van der Waals surface area (Å²) in [5.74, 6) is 0.787. The van der Waals surface area contributed by atoms with Gasteiger partial charge in [-0.15, -0.1) is 0 Å². The first kappa shape index (κ1) is 11.5. The summed E-state index contributed by atoms with van der Waals surface area (Å²) >= 11 is 0. The highest BCUT2D eigenvalue weighted by atomic mass is 16.3. The molecule has 1 atom stereocenters. The maximum absolute atomic E-state index is 5.84. The van der Waals surface area contributed by atoms with Crippen molar-refractivity contribution >= 4 is 16.8 Å². The molecule has 0 bridgehead atoms. The van der Waals surface area contributed by atoms with Crippen molar-refractivity contribution in [3.63, 3.8) is 0 Å². The summed E-state index contributed by atoms with van der Waals surface area (Å²) in [7, 11) is 0. The van der Waals surface area contributed by atoms with Crippen molar-refractivity contribution in [1.82, 2.24) is 4.98 Å². The number of hydrogen-bond donors (Lipinski definition) is 0. The highest BCUT2D eigenvalue weighted by Gasteiger charge is 2.26. The highest BCUT2D eigenvalue weighted by Crippen LogP contribution is 2.33. The molecule has 0 fully saturated rings. The zero-order chi connectivity index (χ0) is 13.5. The molecule has 0 radical (unpaired) electrons. The Morgan fingerprint density at radius 1 is 1.15 bits per heavy atom. The molecule has 3 aromatic rings. The minimum Gasteiger partial charge on any atom is -0.439 e. The molecule has 4 rings (SSSR count). The molecule has 2 heterocycles. The number of fused-ring (bicyclic) bond motifs is 2. The van der Waals surface area contributed by atoms with E-state index in [0.717, 1.165) is 30.0 Å². The fourth-order valence-electron chi connectivity index (χ4n) is 3.00. The molecule has 0 saturated carbocycles. The first-order valence-corrected chi connectivity index (χ1v) is 7.00. The van der Waals surface area contributed by atoms with Crippen LogP contribution in [0.5, 0.6) is 0 Å². The average Bonchev–Trinajstić information content (AvgIpc) is 3.00. The summed E-state index contributed by atoms with van der Waals surface area (Å²) in [6.45, 7) is 2.98. The van der Waals surface area contributed by atoms with Gasteiger partial charge < -0.3 is 9.32 Å². The molecule has 20 heavy (non-hydrogen) atoms. The normalized spacial score (nSPS) is 17.6. The number of nitrogens with zero attached hydrogens (tertiary/aromatic N) is 2. The molecule has 1 aliphatic rings. The molecule has 0 spiro atoms. The molecule has 0 aliphatic carbocycles. The van der Waals surface area contributed by atoms with Crippen molar-refractivity contribution in [2.24, 2.45) is 0 Å². The molecule has 2 aromatic carbocycles. The smallest absolute Gasteiger partial charge is 0.215 e. The molecule has 0 N–H and O–H groups in total. The minimum atomic E-state index is 0.488. The van der Waals surface area contributed by atoms with Crippen LogP contribution in [0.15, 0.2) is 52.9 Å². The lowest BCUT2D eigenvalue weighted by molar-refractivity contribution is 0.508. The molecule has 100 valence electrons. The number of aromatic nitrogens is 1. The Morgan fingerprint density at radius 3 is 2.85 bits per heavy atom. The first-order valence-electron chi connectivity index (χ1n) is 7.00. The summed E-state index contributed by atoms with van der Waals surface area (Å²) < 4.78 is 5.84. The third kappa shape index (κ3) is 1.78. The number of benzene rings is 2. The van der Waals surface area contributed by atoms with Gasteiger partial charge in [-0.05, 0) is 37.1 Å². The standard InChI is InChI=1S/C17H16N2O/c1-12-10-13-6-2-4-8-15(13)19(12)11-17-18-14-7-3-5-9-16(14)20-17/h2-9,12H,10-11H2,1H3. The second-order valence-corrected chi connectivity index (χ2v) is 5.39. The number of hydrogen-bond acceptors (Lipinski definition) is 3. The zero-order valence-electron chi connectivity index (χ0n) is 11.4. The molecule has 1 aromatic heterocycles. The van der Waals surface area contributed by atoms with Crippen LogP contribution in [0.2, 0.25) is 0 Å². The maximum atomic E-state index is 5.84. The molecule has 0 amide bonds. The lowest BCUT2D eigenvalue weighted by Gasteiger charge is -2.22. The van der Waals surface area contributed by atoms with Gasteiger partial charge in [0.2, 0.25) is 5.89 Å². The Morgan fingerprint density at radius 2 is 1.95 bits per heavy atom. The van der Waals surface area contributed by atoms with E-state index in [9.17, 15) is 0 Å². The Balaban J connectivity index is 1.68. The summed E-state index contributed by atoms with van der Waals surface area (Å²) in [5, 5.41) is 0. The summed E-state index contributed by atoms with van der Waals surface area (Å²) in [6.07, 6.45) is 1.09. The van der Waals surface area contributed by atoms with Gasteiger partial charge >= 0.3 is 0 Å². The van der Waals surface area contributed by atoms with Crippen molar-refractivity contribution in [2.75, 3.05) is 4.90 Å². The van der Waals surface area contributed by atoms with Crippen LogP contribution >= 0.6 is 0 Å². The van der Waals surface area contributed by atoms with Crippen molar-refractivity contribution in [3.05, 3.63) is 60.0 Å². The molecule has 3 heteroatoms. The average molecular weight is 264 g/mol. The summed E-state index contributed by atoms with van der Waals surface area (Å²) in [4.78, 5) is 6.95. The Bertz CT molecular complexity index is 729. The van der Waals surface area contributed by atoms with Crippen molar-refractivity contribution < 1.29 is 4.42 Å². The van der Waals surface area contributed by atoms with Crippen LogP contribution in [0.25, 0.3) is 11.1 Å². The molecular weight excluding hydrogens is 248 g/mol. The number of rotatable bonds is 2. The van der Waals surface area contributed by atoms with Gasteiger partial charge in [0.15, 0.2) is 5.58 Å². The van der Waals surface area contributed by atoms with E-state index in [4.69, 9.17) is 4.42 Å². The topological polar surface area (TPSA) is 29.3 Å². The Hall–Kier alpha value is -2.29. The van der Waals surface area contributed by atoms with Gasteiger partial charge in [0, 0.05) is 11.7 Å². The quantitative estimate of drug-likeness (QED) is 0.705. The second kappa shape index (κ2) is 4.37. The van der Waals surface area contributed by atoms with E-state index >= 15 is 0 Å². The Kier molecular flexibility index (Phi) is 2.52. The predicted octanol–water partition coefficient (Wildman–Crippen LogP) is 3.78. The van der Waals surface area contributed by atoms with Gasteiger partial charge in [-0.3, -0.25) is 0 Å². The number of anilines is 1. The zero-order valence-corrected chi connectivity index (χ0v) is 11.4. The van der Waals surface area contributed by atoms with Gasteiger partial charge in [-0.25, -0.2) is 4.98 Å². The van der Waals surface area contributed by atoms with Crippen LogP contribution in [-0.4, -0.2) is 11.0 Å². The van der Waals surface area contributed by atoms with E-state index in [2.05, 4.69) is 41.1 Å². The van der Waals surface area contributed by atoms with Gasteiger partial charge in [-0.1, -0.05) is 30.3 Å². The van der Waals surface area contributed by atoms with Crippen LogP contribution in [0.1, 0.15) is 18.4 Å². The molecule has 3 nitrogen and oxygen atoms in total. The molecular formula is C17H16N2O. The fourth-order valence-corrected chi connectivity index (χ4v) is 3.00. The van der Waals surface area contributed by atoms with E-state index in [0.29, 0.717) is 6.04 Å². The lowest BCUT2D eigenvalue weighted by Crippen LogP contribution is -2.28. The third-order valence-electron chi connectivity index (χ3n) is 3.99. The molecule has 1 unspecified atom stereocenters. The minimum absolute atomic E-state index is 0.488. The lowest BCUT2D eigenvalue weighted by atomic mass is 10.1. The van der Waals surface area contributed by atoms with Crippen LogP contribution in [0.3, 0.4) is 0 Å². The van der Waals surface area contributed by atoms with Crippen LogP contribution < -0.4 is 4.90 Å². The van der Waals surface area contributed by atoms with Crippen molar-refractivity contribution in [3.8, 4) is 0 Å². The highest BCUT2D eigenvalue weighted by molar-refractivity contribution is 5.72. The Labute approximate surface area is 117 Å². The van der Waals surface area contributed by atoms with E-state index in [1.54, 1.807) is 0 Å². The SMILES string of the molecule is CC1Cc2ccccc2N1Cc1nc2ccccc2o1. The van der Waals surface area contributed by atoms with E-state index in [1.807, 2.05) is 24.3 Å². The largest absolute Gasteiger partial charge is 0.439 e. The van der Waals surface area contributed by atoms with Crippen LogP contribution in [0.4, 0.5) is 5.69 Å². The van der Waals surface area contributed by atoms with Gasteiger partial charge in [0.25, 0.3) is 0 Å². The van der Waals surface area contributed by atoms with Crippen LogP contribution in [0, 0.1) is 0 Å². The first-order chi connectivity index (χ1) is 9.81. The van der Waals surface area contributed by atoms with Crippen molar-refractivity contribution in [2.45, 2.75) is 25.9 Å². The van der Waals surface area contributed by atoms with Gasteiger partial charge in [0.05, 0.1) is 6.54 Å². The fraction of sp³-hybridized carbons (Fsp3) is 0.235. The predicted molar refractivity (Wildman–Crippen MR) is 79.8 cm³/mol. The third-order valence-corrected chi connectivity index (χ3v) is 3.99. The summed E-state index contributed by atoms with van der Waals surface area (Å²) in [6, 6.07) is 17.0. The van der Waals surface area contributed by atoms with E-state index < -0.39 is 0 Å².